The second-order valence-electron chi connectivity index (χ2n) is 4.90. The van der Waals surface area contributed by atoms with Gasteiger partial charge in [0.1, 0.15) is 0 Å². The first-order valence-electron chi connectivity index (χ1n) is 6.48. The van der Waals surface area contributed by atoms with Crippen molar-refractivity contribution in [3.05, 3.63) is 34.6 Å². The van der Waals surface area contributed by atoms with Crippen molar-refractivity contribution in [1.82, 2.24) is 20.2 Å². The van der Waals surface area contributed by atoms with Crippen LogP contribution in [0.2, 0.25) is 5.02 Å². The van der Waals surface area contributed by atoms with E-state index in [4.69, 9.17) is 11.6 Å². The molecule has 1 N–H and O–H groups in total. The van der Waals surface area contributed by atoms with Crippen LogP contribution in [0.5, 0.6) is 0 Å². The van der Waals surface area contributed by atoms with E-state index in [9.17, 15) is 9.90 Å². The summed E-state index contributed by atoms with van der Waals surface area (Å²) in [5, 5.41) is 21.4. The highest BCUT2D eigenvalue weighted by Gasteiger charge is 2.25. The van der Waals surface area contributed by atoms with Gasteiger partial charge >= 0.3 is 5.97 Å². The quantitative estimate of drug-likeness (QED) is 0.940. The Hall–Kier alpha value is -1.95. The Bertz CT molecular complexity index is 650. The third kappa shape index (κ3) is 2.27. The Morgan fingerprint density at radius 1 is 1.35 bits per heavy atom. The minimum atomic E-state index is -1.05. The van der Waals surface area contributed by atoms with Crippen molar-refractivity contribution in [2.75, 3.05) is 0 Å². The first-order chi connectivity index (χ1) is 9.66. The van der Waals surface area contributed by atoms with Gasteiger partial charge in [0.25, 0.3) is 0 Å². The maximum absolute atomic E-state index is 11.4. The molecule has 3 rings (SSSR count). The Morgan fingerprint density at radius 3 is 2.80 bits per heavy atom. The Kier molecular flexibility index (Phi) is 3.40. The molecule has 1 aromatic heterocycles. The topological polar surface area (TPSA) is 80.9 Å². The van der Waals surface area contributed by atoms with E-state index >= 15 is 0 Å². The van der Waals surface area contributed by atoms with Gasteiger partial charge in [-0.2, -0.15) is 4.68 Å². The van der Waals surface area contributed by atoms with E-state index < -0.39 is 5.97 Å². The molecule has 1 saturated carbocycles. The number of benzene rings is 1. The molecule has 0 saturated heterocycles. The standard InChI is InChI=1S/C13H13ClN4O2/c14-9-5-6-11(10(7-9)13(19)20)18-12(15-16-17-18)8-3-1-2-4-8/h5-8H,1-4H2,(H,19,20). The number of hydrogen-bond donors (Lipinski definition) is 1. The van der Waals surface area contributed by atoms with Crippen LogP contribution < -0.4 is 0 Å². The van der Waals surface area contributed by atoms with Gasteiger partial charge in [-0.3, -0.25) is 0 Å². The molecule has 2 aromatic rings. The van der Waals surface area contributed by atoms with Gasteiger partial charge in [-0.05, 0) is 41.5 Å². The van der Waals surface area contributed by atoms with Crippen molar-refractivity contribution in [3.8, 4) is 5.69 Å². The lowest BCUT2D eigenvalue weighted by Crippen LogP contribution is -2.11. The lowest BCUT2D eigenvalue weighted by Gasteiger charge is -2.11. The number of tetrazole rings is 1. The average Bonchev–Trinajstić information content (AvgIpc) is 3.09. The molecule has 0 bridgehead atoms. The summed E-state index contributed by atoms with van der Waals surface area (Å²) < 4.78 is 1.52. The van der Waals surface area contributed by atoms with Crippen LogP contribution in [0.15, 0.2) is 18.2 Å². The largest absolute Gasteiger partial charge is 0.478 e. The summed E-state index contributed by atoms with van der Waals surface area (Å²) in [6, 6.07) is 4.70. The number of carboxylic acid groups (broad SMARTS) is 1. The van der Waals surface area contributed by atoms with E-state index in [1.54, 1.807) is 12.1 Å². The lowest BCUT2D eigenvalue weighted by molar-refractivity contribution is 0.0696. The number of hydrogen-bond acceptors (Lipinski definition) is 4. The van der Waals surface area contributed by atoms with Crippen molar-refractivity contribution in [2.24, 2.45) is 0 Å². The molecule has 1 heterocycles. The van der Waals surface area contributed by atoms with Gasteiger partial charge in [0.15, 0.2) is 5.82 Å². The molecule has 0 radical (unpaired) electrons. The van der Waals surface area contributed by atoms with E-state index in [1.807, 2.05) is 0 Å². The highest BCUT2D eigenvalue weighted by atomic mass is 35.5. The minimum Gasteiger partial charge on any atom is -0.478 e. The van der Waals surface area contributed by atoms with Gasteiger partial charge in [-0.25, -0.2) is 4.79 Å². The molecule has 1 aliphatic carbocycles. The zero-order chi connectivity index (χ0) is 14.1. The molecular weight excluding hydrogens is 280 g/mol. The fourth-order valence-electron chi connectivity index (χ4n) is 2.67. The van der Waals surface area contributed by atoms with Crippen LogP contribution in [0.1, 0.15) is 47.8 Å². The van der Waals surface area contributed by atoms with Crippen molar-refractivity contribution in [1.29, 1.82) is 0 Å². The van der Waals surface area contributed by atoms with Gasteiger partial charge in [-0.1, -0.05) is 24.4 Å². The predicted octanol–water partition coefficient (Wildman–Crippen LogP) is 2.67. The summed E-state index contributed by atoms with van der Waals surface area (Å²) in [5.74, 6) is -0.0231. The fraction of sp³-hybridized carbons (Fsp3) is 0.385. The molecule has 1 aromatic carbocycles. The molecule has 0 unspecified atom stereocenters. The number of aromatic nitrogens is 4. The van der Waals surface area contributed by atoms with Crippen molar-refractivity contribution in [2.45, 2.75) is 31.6 Å². The first kappa shape index (κ1) is 13.1. The third-order valence-electron chi connectivity index (χ3n) is 3.63. The number of nitrogens with zero attached hydrogens (tertiary/aromatic N) is 4. The molecule has 7 heteroatoms. The summed E-state index contributed by atoms with van der Waals surface area (Å²) in [4.78, 5) is 11.4. The number of aromatic carboxylic acids is 1. The molecule has 0 amide bonds. The molecule has 1 aliphatic rings. The van der Waals surface area contributed by atoms with E-state index in [0.717, 1.165) is 31.5 Å². The van der Waals surface area contributed by atoms with E-state index in [0.29, 0.717) is 16.6 Å². The average molecular weight is 293 g/mol. The van der Waals surface area contributed by atoms with Gasteiger partial charge in [0, 0.05) is 10.9 Å². The maximum atomic E-state index is 11.4. The molecule has 104 valence electrons. The number of rotatable bonds is 3. The highest BCUT2D eigenvalue weighted by molar-refractivity contribution is 6.31. The fourth-order valence-corrected chi connectivity index (χ4v) is 2.84. The van der Waals surface area contributed by atoms with Gasteiger partial charge in [0.2, 0.25) is 0 Å². The molecule has 1 fully saturated rings. The van der Waals surface area contributed by atoms with Crippen LogP contribution >= 0.6 is 11.6 Å². The Labute approximate surface area is 120 Å². The lowest BCUT2D eigenvalue weighted by atomic mass is 10.1. The summed E-state index contributed by atoms with van der Waals surface area (Å²) in [5.41, 5.74) is 0.554. The predicted molar refractivity (Wildman–Crippen MR) is 72.3 cm³/mol. The normalized spacial score (nSPS) is 15.7. The van der Waals surface area contributed by atoms with Gasteiger partial charge < -0.3 is 5.11 Å². The number of carbonyl (C=O) groups is 1. The SMILES string of the molecule is O=C(O)c1cc(Cl)ccc1-n1nnnc1C1CCCC1. The first-order valence-corrected chi connectivity index (χ1v) is 6.86. The number of carboxylic acids is 1. The Morgan fingerprint density at radius 2 is 2.10 bits per heavy atom. The van der Waals surface area contributed by atoms with Gasteiger partial charge in [0.05, 0.1) is 11.3 Å². The Balaban J connectivity index is 2.09. The molecular formula is C13H13ClN4O2. The zero-order valence-electron chi connectivity index (χ0n) is 10.7. The summed E-state index contributed by atoms with van der Waals surface area (Å²) >= 11 is 5.86. The van der Waals surface area contributed by atoms with Crippen LogP contribution in [-0.2, 0) is 0 Å². The van der Waals surface area contributed by atoms with Gasteiger partial charge in [-0.15, -0.1) is 5.10 Å². The van der Waals surface area contributed by atoms with Crippen LogP contribution in [0, 0.1) is 0 Å². The maximum Gasteiger partial charge on any atom is 0.337 e. The van der Waals surface area contributed by atoms with Crippen molar-refractivity contribution >= 4 is 17.6 Å². The van der Waals surface area contributed by atoms with Crippen molar-refractivity contribution in [3.63, 3.8) is 0 Å². The second-order valence-corrected chi connectivity index (χ2v) is 5.33. The van der Waals surface area contributed by atoms with Crippen LogP contribution in [-0.4, -0.2) is 31.3 Å². The smallest absolute Gasteiger partial charge is 0.337 e. The number of halogens is 1. The summed E-state index contributed by atoms with van der Waals surface area (Å²) in [6.45, 7) is 0. The molecule has 6 nitrogen and oxygen atoms in total. The van der Waals surface area contributed by atoms with Crippen LogP contribution in [0.3, 0.4) is 0 Å². The third-order valence-corrected chi connectivity index (χ3v) is 3.87. The zero-order valence-corrected chi connectivity index (χ0v) is 11.4. The van der Waals surface area contributed by atoms with Crippen LogP contribution in [0.25, 0.3) is 5.69 Å². The monoisotopic (exact) mass is 292 g/mol. The summed E-state index contributed by atoms with van der Waals surface area (Å²) in [6.07, 6.45) is 4.39. The minimum absolute atomic E-state index is 0.101. The molecule has 20 heavy (non-hydrogen) atoms. The van der Waals surface area contributed by atoms with Crippen LogP contribution in [0.4, 0.5) is 0 Å². The van der Waals surface area contributed by atoms with Crippen molar-refractivity contribution < 1.29 is 9.90 Å². The van der Waals surface area contributed by atoms with E-state index in [1.165, 1.54) is 10.7 Å². The second kappa shape index (κ2) is 5.20. The molecule has 0 spiro atoms. The summed E-state index contributed by atoms with van der Waals surface area (Å²) in [7, 11) is 0. The van der Waals surface area contributed by atoms with E-state index in [-0.39, 0.29) is 5.56 Å². The highest BCUT2D eigenvalue weighted by Crippen LogP contribution is 2.34. The molecule has 0 atom stereocenters. The van der Waals surface area contributed by atoms with E-state index in [2.05, 4.69) is 15.5 Å². The molecule has 0 aliphatic heterocycles.